The van der Waals surface area contributed by atoms with Crippen LogP contribution in [0, 0.1) is 0 Å². The van der Waals surface area contributed by atoms with E-state index in [0.29, 0.717) is 0 Å². The van der Waals surface area contributed by atoms with Gasteiger partial charge in [-0.2, -0.15) is 0 Å². The normalized spacial score (nSPS) is 23.2. The molecule has 0 radical (unpaired) electrons. The zero-order valence-electron chi connectivity index (χ0n) is 9.52. The molecule has 1 aliphatic rings. The fourth-order valence-electron chi connectivity index (χ4n) is 2.03. The summed E-state index contributed by atoms with van der Waals surface area (Å²) in [5.74, 6) is -0.329. The average molecular weight is 344 g/mol. The molecule has 0 aliphatic carbocycles. The predicted octanol–water partition coefficient (Wildman–Crippen LogP) is 3.86. The Hall–Kier alpha value is 0.880. The van der Waals surface area contributed by atoms with Crippen molar-refractivity contribution in [1.29, 1.82) is 0 Å². The van der Waals surface area contributed by atoms with Crippen molar-refractivity contribution >= 4 is 31.9 Å². The molecule has 15 heavy (non-hydrogen) atoms. The van der Waals surface area contributed by atoms with Crippen LogP contribution in [0.15, 0.2) is 0 Å². The predicted molar refractivity (Wildman–Crippen MR) is 69.9 cm³/mol. The van der Waals surface area contributed by atoms with Crippen molar-refractivity contribution in [2.45, 2.75) is 50.9 Å². The van der Waals surface area contributed by atoms with E-state index in [1.807, 2.05) is 0 Å². The molecular formula is C11H20Br2O2. The minimum atomic E-state index is -0.329. The monoisotopic (exact) mass is 342 g/mol. The maximum absolute atomic E-state index is 6.23. The molecular weight excluding hydrogens is 324 g/mol. The molecule has 1 rings (SSSR count). The van der Waals surface area contributed by atoms with Gasteiger partial charge in [0.2, 0.25) is 0 Å². The van der Waals surface area contributed by atoms with Gasteiger partial charge in [0.25, 0.3) is 0 Å². The molecule has 0 aromatic carbocycles. The van der Waals surface area contributed by atoms with Crippen LogP contribution in [-0.2, 0) is 9.47 Å². The zero-order valence-corrected chi connectivity index (χ0v) is 12.7. The van der Waals surface area contributed by atoms with Crippen LogP contribution in [-0.4, -0.2) is 28.7 Å². The number of rotatable bonds is 6. The Balaban J connectivity index is 2.69. The molecule has 0 amide bonds. The number of halogens is 2. The van der Waals surface area contributed by atoms with Gasteiger partial charge in [-0.25, -0.2) is 0 Å². The quantitative estimate of drug-likeness (QED) is 0.682. The molecule has 2 nitrogen and oxygen atoms in total. The van der Waals surface area contributed by atoms with Gasteiger partial charge in [-0.3, -0.25) is 0 Å². The SMILES string of the molecule is CCC1(CC)OCC(CCBr)(CCBr)O1. The van der Waals surface area contributed by atoms with Crippen molar-refractivity contribution in [3.8, 4) is 0 Å². The maximum Gasteiger partial charge on any atom is 0.168 e. The molecule has 0 atom stereocenters. The highest BCUT2D eigenvalue weighted by Gasteiger charge is 2.47. The van der Waals surface area contributed by atoms with Gasteiger partial charge >= 0.3 is 0 Å². The van der Waals surface area contributed by atoms with E-state index in [-0.39, 0.29) is 11.4 Å². The summed E-state index contributed by atoms with van der Waals surface area (Å²) in [5.41, 5.74) is -0.0843. The minimum Gasteiger partial charge on any atom is -0.347 e. The van der Waals surface area contributed by atoms with E-state index >= 15 is 0 Å². The van der Waals surface area contributed by atoms with Crippen molar-refractivity contribution in [3.05, 3.63) is 0 Å². The summed E-state index contributed by atoms with van der Waals surface area (Å²) in [4.78, 5) is 0. The molecule has 0 N–H and O–H groups in total. The lowest BCUT2D eigenvalue weighted by molar-refractivity contribution is -0.191. The summed E-state index contributed by atoms with van der Waals surface area (Å²) in [7, 11) is 0. The lowest BCUT2D eigenvalue weighted by atomic mass is 9.99. The molecule has 1 heterocycles. The molecule has 1 aliphatic heterocycles. The lowest BCUT2D eigenvalue weighted by Crippen LogP contribution is -2.37. The fraction of sp³-hybridized carbons (Fsp3) is 1.00. The summed E-state index contributed by atoms with van der Waals surface area (Å²) in [5, 5.41) is 1.93. The van der Waals surface area contributed by atoms with Crippen LogP contribution in [0.3, 0.4) is 0 Å². The van der Waals surface area contributed by atoms with Crippen LogP contribution in [0.25, 0.3) is 0 Å². The van der Waals surface area contributed by atoms with Gasteiger partial charge in [0.1, 0.15) is 0 Å². The van der Waals surface area contributed by atoms with Crippen LogP contribution in [0.5, 0.6) is 0 Å². The third kappa shape index (κ3) is 3.18. The molecule has 1 fully saturated rings. The highest BCUT2D eigenvalue weighted by Crippen LogP contribution is 2.40. The molecule has 0 bridgehead atoms. The molecule has 0 saturated carbocycles. The van der Waals surface area contributed by atoms with Gasteiger partial charge in [-0.05, 0) is 25.7 Å². The first kappa shape index (κ1) is 13.9. The Bertz CT molecular complexity index is 187. The first-order chi connectivity index (χ1) is 7.16. The first-order valence-corrected chi connectivity index (χ1v) is 7.86. The summed E-state index contributed by atoms with van der Waals surface area (Å²) in [6.45, 7) is 4.98. The Morgan fingerprint density at radius 2 is 1.60 bits per heavy atom. The number of hydrogen-bond donors (Lipinski definition) is 0. The van der Waals surface area contributed by atoms with Gasteiger partial charge in [0.15, 0.2) is 5.79 Å². The van der Waals surface area contributed by atoms with E-state index in [4.69, 9.17) is 9.47 Å². The zero-order chi connectivity index (χ0) is 11.4. The van der Waals surface area contributed by atoms with Gasteiger partial charge in [-0.15, -0.1) is 0 Å². The molecule has 0 aromatic rings. The van der Waals surface area contributed by atoms with E-state index in [0.717, 1.165) is 43.0 Å². The Morgan fingerprint density at radius 3 is 1.93 bits per heavy atom. The second-order valence-corrected chi connectivity index (χ2v) is 5.66. The second kappa shape index (κ2) is 5.99. The maximum atomic E-state index is 6.23. The van der Waals surface area contributed by atoms with Gasteiger partial charge in [0.05, 0.1) is 12.2 Å². The van der Waals surface area contributed by atoms with Gasteiger partial charge in [-0.1, -0.05) is 45.7 Å². The summed E-state index contributed by atoms with van der Waals surface area (Å²) in [6, 6.07) is 0. The third-order valence-electron chi connectivity index (χ3n) is 3.18. The van der Waals surface area contributed by atoms with E-state index < -0.39 is 0 Å². The van der Waals surface area contributed by atoms with Crippen molar-refractivity contribution in [2.75, 3.05) is 17.3 Å². The molecule has 4 heteroatoms. The van der Waals surface area contributed by atoms with Crippen LogP contribution in [0.1, 0.15) is 39.5 Å². The number of ether oxygens (including phenoxy) is 2. The highest BCUT2D eigenvalue weighted by atomic mass is 79.9. The standard InChI is InChI=1S/C11H20Br2O2/c1-3-11(4-2)14-9-10(15-11,5-7-12)6-8-13/h3-9H2,1-2H3. The number of hydrogen-bond acceptors (Lipinski definition) is 2. The van der Waals surface area contributed by atoms with Gasteiger partial charge < -0.3 is 9.47 Å². The smallest absolute Gasteiger partial charge is 0.168 e. The van der Waals surface area contributed by atoms with E-state index in [9.17, 15) is 0 Å². The van der Waals surface area contributed by atoms with Crippen molar-refractivity contribution in [2.24, 2.45) is 0 Å². The van der Waals surface area contributed by atoms with Crippen LogP contribution in [0.4, 0.5) is 0 Å². The summed E-state index contributed by atoms with van der Waals surface area (Å²) >= 11 is 6.99. The fourth-order valence-corrected chi connectivity index (χ4v) is 3.48. The lowest BCUT2D eigenvalue weighted by Gasteiger charge is -2.31. The van der Waals surface area contributed by atoms with Crippen molar-refractivity contribution < 1.29 is 9.47 Å². The Labute approximate surface area is 109 Å². The number of alkyl halides is 2. The molecule has 0 unspecified atom stereocenters. The summed E-state index contributed by atoms with van der Waals surface area (Å²) in [6.07, 6.45) is 3.88. The van der Waals surface area contributed by atoms with E-state index in [2.05, 4.69) is 45.7 Å². The molecule has 0 aromatic heterocycles. The van der Waals surface area contributed by atoms with Crippen molar-refractivity contribution in [1.82, 2.24) is 0 Å². The Kier molecular flexibility index (Phi) is 5.57. The van der Waals surface area contributed by atoms with Crippen molar-refractivity contribution in [3.63, 3.8) is 0 Å². The third-order valence-corrected chi connectivity index (χ3v) is 3.97. The van der Waals surface area contributed by atoms with Crippen LogP contribution < -0.4 is 0 Å². The highest BCUT2D eigenvalue weighted by molar-refractivity contribution is 9.09. The molecule has 0 spiro atoms. The minimum absolute atomic E-state index is 0.0843. The summed E-state index contributed by atoms with van der Waals surface area (Å²) < 4.78 is 12.1. The average Bonchev–Trinajstić information content (AvgIpc) is 2.60. The second-order valence-electron chi connectivity index (χ2n) is 4.07. The first-order valence-electron chi connectivity index (χ1n) is 5.62. The largest absolute Gasteiger partial charge is 0.347 e. The molecule has 1 saturated heterocycles. The van der Waals surface area contributed by atoms with E-state index in [1.165, 1.54) is 0 Å². The molecule has 90 valence electrons. The Morgan fingerprint density at radius 1 is 1.07 bits per heavy atom. The van der Waals surface area contributed by atoms with Gasteiger partial charge in [0, 0.05) is 10.7 Å². The topological polar surface area (TPSA) is 18.5 Å². The van der Waals surface area contributed by atoms with Crippen LogP contribution >= 0.6 is 31.9 Å². The van der Waals surface area contributed by atoms with E-state index in [1.54, 1.807) is 0 Å². The van der Waals surface area contributed by atoms with Crippen LogP contribution in [0.2, 0.25) is 0 Å².